The van der Waals surface area contributed by atoms with Crippen molar-refractivity contribution in [3.63, 3.8) is 0 Å². The van der Waals surface area contributed by atoms with Crippen molar-refractivity contribution in [3.05, 3.63) is 47.0 Å². The topological polar surface area (TPSA) is 69.5 Å². The van der Waals surface area contributed by atoms with E-state index < -0.39 is 11.1 Å². The molecule has 2 aromatic heterocycles. The van der Waals surface area contributed by atoms with Crippen LogP contribution in [-0.2, 0) is 0 Å². The first-order valence-electron chi connectivity index (χ1n) is 4.26. The second kappa shape index (κ2) is 4.19. The highest BCUT2D eigenvalue weighted by Crippen LogP contribution is 1.96. The third-order valence-corrected chi connectivity index (χ3v) is 1.98. The van der Waals surface area contributed by atoms with Crippen molar-refractivity contribution < 1.29 is 9.21 Å². The van der Waals surface area contributed by atoms with Gasteiger partial charge in [-0.3, -0.25) is 4.79 Å². The first-order valence-corrected chi connectivity index (χ1v) is 4.64. The standard InChI is InChI=1S/C9H6ClN3O3/c10-8(14)12-3-4-13(9(12)15)11-6-7-2-1-5-16-7/h1-6H. The van der Waals surface area contributed by atoms with Gasteiger partial charge in [0.1, 0.15) is 5.76 Å². The van der Waals surface area contributed by atoms with E-state index in [4.69, 9.17) is 16.0 Å². The summed E-state index contributed by atoms with van der Waals surface area (Å²) in [5.41, 5.74) is -0.636. The van der Waals surface area contributed by atoms with E-state index in [2.05, 4.69) is 5.10 Å². The number of hydrogen-bond acceptors (Lipinski definition) is 4. The summed E-state index contributed by atoms with van der Waals surface area (Å²) in [4.78, 5) is 22.2. The Morgan fingerprint density at radius 2 is 2.31 bits per heavy atom. The Morgan fingerprint density at radius 1 is 1.50 bits per heavy atom. The molecule has 0 unspecified atom stereocenters. The van der Waals surface area contributed by atoms with E-state index >= 15 is 0 Å². The average Bonchev–Trinajstić information content (AvgIpc) is 2.84. The van der Waals surface area contributed by atoms with Crippen LogP contribution in [0.5, 0.6) is 0 Å². The molecule has 7 heteroatoms. The number of furan rings is 1. The Labute approximate surface area is 94.4 Å². The van der Waals surface area contributed by atoms with Crippen LogP contribution in [0.1, 0.15) is 5.76 Å². The van der Waals surface area contributed by atoms with Crippen molar-refractivity contribution in [2.24, 2.45) is 5.10 Å². The summed E-state index contributed by atoms with van der Waals surface area (Å²) in [6.07, 6.45) is 5.39. The lowest BCUT2D eigenvalue weighted by atomic mass is 10.5. The summed E-state index contributed by atoms with van der Waals surface area (Å²) in [5, 5.41) is 2.93. The van der Waals surface area contributed by atoms with Gasteiger partial charge >= 0.3 is 11.1 Å². The van der Waals surface area contributed by atoms with Gasteiger partial charge in [0.05, 0.1) is 18.7 Å². The number of carbonyl (C=O) groups is 1. The van der Waals surface area contributed by atoms with Gasteiger partial charge in [-0.1, -0.05) is 0 Å². The van der Waals surface area contributed by atoms with Crippen molar-refractivity contribution in [2.75, 3.05) is 0 Å². The van der Waals surface area contributed by atoms with Crippen molar-refractivity contribution in [1.29, 1.82) is 0 Å². The van der Waals surface area contributed by atoms with Crippen LogP contribution in [-0.4, -0.2) is 20.8 Å². The maximum Gasteiger partial charge on any atom is 0.356 e. The van der Waals surface area contributed by atoms with Crippen LogP contribution in [0.15, 0.2) is 45.1 Å². The molecule has 0 spiro atoms. The Kier molecular flexibility index (Phi) is 2.74. The minimum atomic E-state index is -0.878. The molecule has 0 saturated carbocycles. The molecule has 0 aliphatic heterocycles. The zero-order chi connectivity index (χ0) is 11.5. The molecular formula is C9H6ClN3O3. The molecule has 0 atom stereocenters. The molecule has 0 bridgehead atoms. The van der Waals surface area contributed by atoms with Gasteiger partial charge in [-0.2, -0.15) is 9.78 Å². The van der Waals surface area contributed by atoms with Crippen molar-refractivity contribution in [1.82, 2.24) is 9.24 Å². The molecule has 0 saturated heterocycles. The van der Waals surface area contributed by atoms with Crippen molar-refractivity contribution in [3.8, 4) is 0 Å². The van der Waals surface area contributed by atoms with E-state index in [0.29, 0.717) is 5.76 Å². The summed E-state index contributed by atoms with van der Waals surface area (Å²) < 4.78 is 6.70. The normalized spacial score (nSPS) is 11.1. The van der Waals surface area contributed by atoms with Gasteiger partial charge in [-0.15, -0.1) is 0 Å². The molecule has 0 N–H and O–H groups in total. The Bertz CT molecular complexity index is 579. The summed E-state index contributed by atoms with van der Waals surface area (Å²) in [5.74, 6) is 0.497. The Hall–Kier alpha value is -2.08. The average molecular weight is 240 g/mol. The molecule has 2 rings (SSSR count). The lowest BCUT2D eigenvalue weighted by Crippen LogP contribution is -2.24. The minimum Gasteiger partial charge on any atom is -0.463 e. The molecule has 82 valence electrons. The molecule has 0 amide bonds. The fourth-order valence-electron chi connectivity index (χ4n) is 1.07. The van der Waals surface area contributed by atoms with E-state index in [-0.39, 0.29) is 0 Å². The summed E-state index contributed by atoms with van der Waals surface area (Å²) in [6.45, 7) is 0. The van der Waals surface area contributed by atoms with Crippen LogP contribution in [0.25, 0.3) is 0 Å². The van der Waals surface area contributed by atoms with E-state index in [1.165, 1.54) is 24.9 Å². The smallest absolute Gasteiger partial charge is 0.356 e. The van der Waals surface area contributed by atoms with Crippen LogP contribution in [0, 0.1) is 0 Å². The number of hydrogen-bond donors (Lipinski definition) is 0. The van der Waals surface area contributed by atoms with Crippen molar-refractivity contribution in [2.45, 2.75) is 0 Å². The van der Waals surface area contributed by atoms with Crippen LogP contribution in [0.3, 0.4) is 0 Å². The lowest BCUT2D eigenvalue weighted by molar-refractivity contribution is 0.260. The van der Waals surface area contributed by atoms with Gasteiger partial charge in [0, 0.05) is 6.20 Å². The first kappa shape index (κ1) is 10.4. The second-order valence-corrected chi connectivity index (χ2v) is 3.13. The van der Waals surface area contributed by atoms with E-state index in [0.717, 1.165) is 9.24 Å². The number of aromatic nitrogens is 2. The van der Waals surface area contributed by atoms with Gasteiger partial charge in [-0.25, -0.2) is 9.36 Å². The molecule has 6 nitrogen and oxygen atoms in total. The number of halogens is 1. The van der Waals surface area contributed by atoms with Crippen LogP contribution >= 0.6 is 11.6 Å². The molecular weight excluding hydrogens is 234 g/mol. The predicted molar refractivity (Wildman–Crippen MR) is 57.0 cm³/mol. The molecule has 0 aliphatic rings. The molecule has 2 heterocycles. The SMILES string of the molecule is O=C(Cl)n1ccn(N=Cc2ccco2)c1=O. The molecule has 0 aliphatic carbocycles. The zero-order valence-corrected chi connectivity index (χ0v) is 8.66. The summed E-state index contributed by atoms with van der Waals surface area (Å²) in [7, 11) is 0. The highest BCUT2D eigenvalue weighted by molar-refractivity contribution is 6.63. The Morgan fingerprint density at radius 3 is 2.88 bits per heavy atom. The van der Waals surface area contributed by atoms with Crippen LogP contribution in [0.2, 0.25) is 0 Å². The number of rotatable bonds is 2. The number of imidazole rings is 1. The fraction of sp³-hybridized carbons (Fsp3) is 0. The van der Waals surface area contributed by atoms with E-state index in [1.807, 2.05) is 0 Å². The maximum absolute atomic E-state index is 11.4. The quantitative estimate of drug-likeness (QED) is 0.586. The van der Waals surface area contributed by atoms with Crippen LogP contribution in [0.4, 0.5) is 4.79 Å². The molecule has 2 aromatic rings. The van der Waals surface area contributed by atoms with E-state index in [1.54, 1.807) is 12.1 Å². The first-order chi connectivity index (χ1) is 7.68. The highest BCUT2D eigenvalue weighted by atomic mass is 35.5. The van der Waals surface area contributed by atoms with Crippen LogP contribution < -0.4 is 5.69 Å². The monoisotopic (exact) mass is 239 g/mol. The molecule has 16 heavy (non-hydrogen) atoms. The fourth-order valence-corrected chi connectivity index (χ4v) is 1.20. The largest absolute Gasteiger partial charge is 0.463 e. The zero-order valence-electron chi connectivity index (χ0n) is 7.91. The highest BCUT2D eigenvalue weighted by Gasteiger charge is 2.06. The number of carbonyl (C=O) groups excluding carboxylic acids is 1. The third kappa shape index (κ3) is 1.96. The second-order valence-electron chi connectivity index (χ2n) is 2.81. The van der Waals surface area contributed by atoms with Gasteiger partial charge in [0.15, 0.2) is 0 Å². The maximum atomic E-state index is 11.4. The van der Waals surface area contributed by atoms with Gasteiger partial charge in [0.2, 0.25) is 0 Å². The third-order valence-electron chi connectivity index (χ3n) is 1.80. The molecule has 0 radical (unpaired) electrons. The minimum absolute atomic E-state index is 0.497. The number of nitrogens with zero attached hydrogens (tertiary/aromatic N) is 3. The Balaban J connectivity index is 2.30. The lowest BCUT2D eigenvalue weighted by Gasteiger charge is -1.89. The van der Waals surface area contributed by atoms with Gasteiger partial charge < -0.3 is 4.42 Å². The summed E-state index contributed by atoms with van der Waals surface area (Å²) in [6, 6.07) is 3.37. The predicted octanol–water partition coefficient (Wildman–Crippen LogP) is 1.33. The summed E-state index contributed by atoms with van der Waals surface area (Å²) >= 11 is 5.16. The van der Waals surface area contributed by atoms with Gasteiger partial charge in [0.25, 0.3) is 0 Å². The van der Waals surface area contributed by atoms with Crippen molar-refractivity contribution >= 4 is 23.2 Å². The van der Waals surface area contributed by atoms with Gasteiger partial charge in [-0.05, 0) is 23.7 Å². The molecule has 0 aromatic carbocycles. The van der Waals surface area contributed by atoms with E-state index in [9.17, 15) is 9.59 Å². The molecule has 0 fully saturated rings.